The van der Waals surface area contributed by atoms with Crippen molar-refractivity contribution in [2.45, 2.75) is 85.9 Å². The summed E-state index contributed by atoms with van der Waals surface area (Å²) in [6, 6.07) is 13.7. The number of hydrogen-bond donors (Lipinski definition) is 0. The van der Waals surface area contributed by atoms with Gasteiger partial charge in [0.15, 0.2) is 11.6 Å². The lowest BCUT2D eigenvalue weighted by molar-refractivity contribution is -0.141. The van der Waals surface area contributed by atoms with Crippen LogP contribution in [-0.4, -0.2) is 71.4 Å². The molecular formula is C34H48FN3O3. The Kier molecular flexibility index (Phi) is 9.78. The highest BCUT2D eigenvalue weighted by Gasteiger charge is 2.41. The summed E-state index contributed by atoms with van der Waals surface area (Å²) in [4.78, 5) is 31.8. The first-order chi connectivity index (χ1) is 19.3. The minimum absolute atomic E-state index is 0.0161. The number of likely N-dealkylation sites (tertiary alicyclic amines) is 1. The van der Waals surface area contributed by atoms with E-state index < -0.39 is 0 Å². The Hall–Kier alpha value is -2.93. The van der Waals surface area contributed by atoms with Crippen molar-refractivity contribution < 1.29 is 18.7 Å². The monoisotopic (exact) mass is 565 g/mol. The second-order valence-electron chi connectivity index (χ2n) is 13.3. The molecule has 0 N–H and O–H groups in total. The molecule has 4 rings (SSSR count). The molecule has 2 aliphatic heterocycles. The number of hydrogen-bond acceptors (Lipinski definition) is 4. The maximum atomic E-state index is 15.2. The van der Waals surface area contributed by atoms with E-state index in [0.717, 1.165) is 37.1 Å². The molecule has 1 unspecified atom stereocenters. The Morgan fingerprint density at radius 2 is 1.61 bits per heavy atom. The van der Waals surface area contributed by atoms with Crippen LogP contribution in [0.3, 0.4) is 0 Å². The molecule has 6 nitrogen and oxygen atoms in total. The first kappa shape index (κ1) is 31.0. The van der Waals surface area contributed by atoms with E-state index in [9.17, 15) is 9.59 Å². The van der Waals surface area contributed by atoms with E-state index in [1.807, 2.05) is 24.8 Å². The molecule has 224 valence electrons. The quantitative estimate of drug-likeness (QED) is 0.400. The number of halogens is 1. The number of benzene rings is 2. The summed E-state index contributed by atoms with van der Waals surface area (Å²) < 4.78 is 20.9. The Labute approximate surface area is 245 Å². The van der Waals surface area contributed by atoms with E-state index in [1.165, 1.54) is 5.56 Å². The van der Waals surface area contributed by atoms with E-state index in [0.29, 0.717) is 32.0 Å². The summed E-state index contributed by atoms with van der Waals surface area (Å²) in [6.07, 6.45) is 2.18. The molecule has 2 heterocycles. The van der Waals surface area contributed by atoms with Crippen molar-refractivity contribution in [1.29, 1.82) is 0 Å². The topological polar surface area (TPSA) is 53.1 Å². The van der Waals surface area contributed by atoms with Gasteiger partial charge in [0.2, 0.25) is 11.8 Å². The number of carbonyl (C=O) groups is 2. The van der Waals surface area contributed by atoms with Crippen LogP contribution in [0.15, 0.2) is 42.5 Å². The molecular weight excluding hydrogens is 517 g/mol. The van der Waals surface area contributed by atoms with Crippen LogP contribution in [0.5, 0.6) is 5.75 Å². The third-order valence-corrected chi connectivity index (χ3v) is 8.65. The Morgan fingerprint density at radius 3 is 2.17 bits per heavy atom. The van der Waals surface area contributed by atoms with Gasteiger partial charge in [0, 0.05) is 52.1 Å². The van der Waals surface area contributed by atoms with E-state index in [2.05, 4.69) is 61.8 Å². The average molecular weight is 566 g/mol. The lowest BCUT2D eigenvalue weighted by atomic mass is 9.82. The fourth-order valence-corrected chi connectivity index (χ4v) is 6.29. The average Bonchev–Trinajstić information content (AvgIpc) is 2.91. The molecule has 7 heteroatoms. The minimum atomic E-state index is -0.356. The predicted molar refractivity (Wildman–Crippen MR) is 161 cm³/mol. The van der Waals surface area contributed by atoms with E-state index in [1.54, 1.807) is 19.1 Å². The minimum Gasteiger partial charge on any atom is -0.488 e. The van der Waals surface area contributed by atoms with Gasteiger partial charge in [-0.15, -0.1) is 0 Å². The van der Waals surface area contributed by atoms with Crippen LogP contribution in [-0.2, 0) is 9.59 Å². The van der Waals surface area contributed by atoms with Gasteiger partial charge < -0.3 is 14.5 Å². The van der Waals surface area contributed by atoms with Crippen molar-refractivity contribution in [3.63, 3.8) is 0 Å². The van der Waals surface area contributed by atoms with Crippen molar-refractivity contribution in [1.82, 2.24) is 14.7 Å². The van der Waals surface area contributed by atoms with Crippen LogP contribution in [0.2, 0.25) is 0 Å². The highest BCUT2D eigenvalue weighted by atomic mass is 19.1. The molecule has 0 radical (unpaired) electrons. The molecule has 2 aromatic rings. The van der Waals surface area contributed by atoms with E-state index >= 15 is 4.39 Å². The molecule has 0 bridgehead atoms. The normalized spacial score (nSPS) is 19.9. The lowest BCUT2D eigenvalue weighted by Crippen LogP contribution is -2.60. The number of ether oxygens (including phenoxy) is 1. The van der Waals surface area contributed by atoms with Crippen molar-refractivity contribution in [3.05, 3.63) is 65.0 Å². The third-order valence-electron chi connectivity index (χ3n) is 8.65. The molecule has 0 saturated carbocycles. The SMILES string of the molecule is CC(=O)N1CCC(CC(=O)N2CCN(C(c3ccc(C)cc3)c3ccc(OC(C)C)c(F)c3)C[C@@H]2C(C)(C)C)CC1. The van der Waals surface area contributed by atoms with Gasteiger partial charge in [-0.25, -0.2) is 4.39 Å². The van der Waals surface area contributed by atoms with Gasteiger partial charge in [0.1, 0.15) is 0 Å². The van der Waals surface area contributed by atoms with Gasteiger partial charge in [-0.3, -0.25) is 14.5 Å². The maximum Gasteiger partial charge on any atom is 0.223 e. The summed E-state index contributed by atoms with van der Waals surface area (Å²) in [5, 5.41) is 0. The molecule has 41 heavy (non-hydrogen) atoms. The first-order valence-electron chi connectivity index (χ1n) is 15.1. The fourth-order valence-electron chi connectivity index (χ4n) is 6.29. The number of carbonyl (C=O) groups excluding carboxylic acids is 2. The molecule has 2 fully saturated rings. The number of aryl methyl sites for hydroxylation is 1. The maximum absolute atomic E-state index is 15.2. The molecule has 2 saturated heterocycles. The summed E-state index contributed by atoms with van der Waals surface area (Å²) in [7, 11) is 0. The molecule has 0 aromatic heterocycles. The second-order valence-corrected chi connectivity index (χ2v) is 13.3. The Bertz CT molecular complexity index is 1200. The summed E-state index contributed by atoms with van der Waals surface area (Å²) in [5.41, 5.74) is 3.03. The molecule has 2 aliphatic rings. The lowest BCUT2D eigenvalue weighted by Gasteiger charge is -2.50. The second kappa shape index (κ2) is 12.9. The van der Waals surface area contributed by atoms with Gasteiger partial charge >= 0.3 is 0 Å². The Balaban J connectivity index is 1.57. The number of piperazine rings is 1. The van der Waals surface area contributed by atoms with Gasteiger partial charge in [-0.1, -0.05) is 56.7 Å². The smallest absolute Gasteiger partial charge is 0.223 e. The first-order valence-corrected chi connectivity index (χ1v) is 15.1. The van der Waals surface area contributed by atoms with E-state index in [-0.39, 0.29) is 47.0 Å². The number of piperidine rings is 1. The third kappa shape index (κ3) is 7.68. The number of rotatable bonds is 7. The van der Waals surface area contributed by atoms with Crippen LogP contribution >= 0.6 is 0 Å². The Morgan fingerprint density at radius 1 is 0.976 bits per heavy atom. The van der Waals surface area contributed by atoms with Crippen LogP contribution in [0.4, 0.5) is 4.39 Å². The zero-order chi connectivity index (χ0) is 29.9. The van der Waals surface area contributed by atoms with Crippen LogP contribution in [0.25, 0.3) is 0 Å². The zero-order valence-electron chi connectivity index (χ0n) is 26.0. The van der Waals surface area contributed by atoms with Crippen molar-refractivity contribution in [3.8, 4) is 5.75 Å². The van der Waals surface area contributed by atoms with E-state index in [4.69, 9.17) is 4.74 Å². The summed E-state index contributed by atoms with van der Waals surface area (Å²) >= 11 is 0. The van der Waals surface area contributed by atoms with Crippen molar-refractivity contribution >= 4 is 11.8 Å². The van der Waals surface area contributed by atoms with Crippen LogP contribution in [0.1, 0.15) is 83.5 Å². The van der Waals surface area contributed by atoms with Crippen molar-refractivity contribution in [2.75, 3.05) is 32.7 Å². The number of amides is 2. The predicted octanol–water partition coefficient (Wildman–Crippen LogP) is 6.22. The van der Waals surface area contributed by atoms with Gasteiger partial charge in [-0.2, -0.15) is 0 Å². The van der Waals surface area contributed by atoms with Gasteiger partial charge in [0.25, 0.3) is 0 Å². The molecule has 2 aromatic carbocycles. The highest BCUT2D eigenvalue weighted by Crippen LogP contribution is 2.37. The van der Waals surface area contributed by atoms with Crippen LogP contribution < -0.4 is 4.74 Å². The summed E-state index contributed by atoms with van der Waals surface area (Å²) in [6.45, 7) is 17.6. The largest absolute Gasteiger partial charge is 0.488 e. The van der Waals surface area contributed by atoms with Crippen molar-refractivity contribution in [2.24, 2.45) is 11.3 Å². The van der Waals surface area contributed by atoms with Gasteiger partial charge in [-0.05, 0) is 68.2 Å². The van der Waals surface area contributed by atoms with Gasteiger partial charge in [0.05, 0.1) is 12.1 Å². The number of nitrogens with zero attached hydrogens (tertiary/aromatic N) is 3. The van der Waals surface area contributed by atoms with Crippen LogP contribution in [0, 0.1) is 24.1 Å². The zero-order valence-corrected chi connectivity index (χ0v) is 26.0. The standard InChI is InChI=1S/C34H48FN3O3/c1-23(2)41-30-13-12-28(21-29(30)35)33(27-10-8-24(3)9-11-27)37-18-19-38(31(22-37)34(5,6)7)32(40)20-26-14-16-36(17-15-26)25(4)39/h8-13,21,23,26,31,33H,14-20,22H2,1-7H3/t31-,33?/m1/s1. The molecule has 0 aliphatic carbocycles. The molecule has 0 spiro atoms. The highest BCUT2D eigenvalue weighted by molar-refractivity contribution is 5.77. The summed E-state index contributed by atoms with van der Waals surface area (Å²) in [5.74, 6) is 0.545. The molecule has 2 atom stereocenters. The fraction of sp³-hybridized carbons (Fsp3) is 0.588. The molecule has 2 amide bonds.